The molecule has 0 saturated carbocycles. The Morgan fingerprint density at radius 1 is 1.09 bits per heavy atom. The first-order chi connectivity index (χ1) is 15.7. The lowest BCUT2D eigenvalue weighted by atomic mass is 10.1. The molecule has 0 aliphatic heterocycles. The topological polar surface area (TPSA) is 83.0 Å². The molecule has 0 atom stereocenters. The number of ketones is 1. The lowest BCUT2D eigenvalue weighted by Gasteiger charge is -2.08. The number of ether oxygens (including phenoxy) is 1. The van der Waals surface area contributed by atoms with Crippen molar-refractivity contribution in [1.29, 1.82) is 0 Å². The van der Waals surface area contributed by atoms with Crippen molar-refractivity contribution in [3.63, 3.8) is 0 Å². The number of aromatic nitrogens is 4. The molecule has 0 aliphatic rings. The summed E-state index contributed by atoms with van der Waals surface area (Å²) in [5.74, 6) is 0.164. The van der Waals surface area contributed by atoms with Crippen molar-refractivity contribution in [2.45, 2.75) is 33.2 Å². The molecular formula is C23H19F3N4O3. The summed E-state index contributed by atoms with van der Waals surface area (Å²) in [5.41, 5.74) is 3.76. The van der Waals surface area contributed by atoms with Crippen LogP contribution in [0.25, 0.3) is 23.0 Å². The third-order valence-electron chi connectivity index (χ3n) is 4.75. The molecule has 33 heavy (non-hydrogen) atoms. The van der Waals surface area contributed by atoms with Gasteiger partial charge in [0.25, 0.3) is 5.89 Å². The number of Topliss-reactive ketones (excluding diaryl/α,β-unsaturated/α-hetero) is 1. The van der Waals surface area contributed by atoms with E-state index in [4.69, 9.17) is 4.52 Å². The molecule has 2 aromatic heterocycles. The molecule has 0 N–H and O–H groups in total. The Bertz CT molecular complexity index is 1280. The highest BCUT2D eigenvalue weighted by atomic mass is 19.4. The maximum absolute atomic E-state index is 12.3. The quantitative estimate of drug-likeness (QED) is 0.390. The van der Waals surface area contributed by atoms with Gasteiger partial charge in [0.1, 0.15) is 11.5 Å². The Kier molecular flexibility index (Phi) is 5.99. The molecule has 0 fully saturated rings. The van der Waals surface area contributed by atoms with Crippen LogP contribution >= 0.6 is 0 Å². The second-order valence-electron chi connectivity index (χ2n) is 7.52. The van der Waals surface area contributed by atoms with Crippen LogP contribution in [0.15, 0.2) is 59.1 Å². The second-order valence-corrected chi connectivity index (χ2v) is 7.52. The average Bonchev–Trinajstić information content (AvgIpc) is 3.35. The number of carbonyl (C=O) groups excluding carboxylic acids is 1. The lowest BCUT2D eigenvalue weighted by Crippen LogP contribution is -2.16. The van der Waals surface area contributed by atoms with E-state index in [0.717, 1.165) is 16.8 Å². The number of benzene rings is 2. The highest BCUT2D eigenvalue weighted by molar-refractivity contribution is 5.78. The Balaban J connectivity index is 1.50. The smallest absolute Gasteiger partial charge is 0.406 e. The molecule has 4 aromatic rings. The largest absolute Gasteiger partial charge is 0.573 e. The molecular weight excluding hydrogens is 437 g/mol. The molecule has 4 rings (SSSR count). The van der Waals surface area contributed by atoms with Crippen molar-refractivity contribution in [3.8, 4) is 28.7 Å². The number of carbonyl (C=O) groups is 1. The summed E-state index contributed by atoms with van der Waals surface area (Å²) in [7, 11) is 0. The van der Waals surface area contributed by atoms with Gasteiger partial charge in [0.15, 0.2) is 5.69 Å². The minimum absolute atomic E-state index is 0.0967. The van der Waals surface area contributed by atoms with Crippen LogP contribution in [0.2, 0.25) is 0 Å². The van der Waals surface area contributed by atoms with E-state index >= 15 is 0 Å². The Morgan fingerprint density at radius 2 is 1.82 bits per heavy atom. The number of aryl methyl sites for hydroxylation is 1. The molecule has 0 saturated heterocycles. The van der Waals surface area contributed by atoms with E-state index in [1.54, 1.807) is 17.7 Å². The summed E-state index contributed by atoms with van der Waals surface area (Å²) in [6, 6.07) is 14.7. The van der Waals surface area contributed by atoms with Crippen LogP contribution in [0.1, 0.15) is 23.7 Å². The van der Waals surface area contributed by atoms with Gasteiger partial charge in [0, 0.05) is 17.7 Å². The normalized spacial score (nSPS) is 11.5. The number of hydrogen-bond donors (Lipinski definition) is 0. The van der Waals surface area contributed by atoms with Gasteiger partial charge in [-0.1, -0.05) is 29.4 Å². The SMILES string of the molecule is CC(=O)Cc1cccc(Cn2nc(-c3nc(-c4ccc(OC(F)(F)F)cc4)no3)cc2C)c1. The van der Waals surface area contributed by atoms with Crippen LogP contribution in [0.4, 0.5) is 13.2 Å². The first kappa shape index (κ1) is 22.3. The summed E-state index contributed by atoms with van der Waals surface area (Å²) in [6.45, 7) is 3.95. The van der Waals surface area contributed by atoms with Gasteiger partial charge in [0.05, 0.1) is 6.54 Å². The average molecular weight is 456 g/mol. The van der Waals surface area contributed by atoms with Gasteiger partial charge in [-0.15, -0.1) is 13.2 Å². The molecule has 0 bridgehead atoms. The predicted molar refractivity (Wildman–Crippen MR) is 112 cm³/mol. The number of halogens is 3. The van der Waals surface area contributed by atoms with Gasteiger partial charge in [-0.3, -0.25) is 9.48 Å². The fourth-order valence-electron chi connectivity index (χ4n) is 3.32. The fourth-order valence-corrected chi connectivity index (χ4v) is 3.32. The zero-order valence-corrected chi connectivity index (χ0v) is 17.8. The van der Waals surface area contributed by atoms with Crippen molar-refractivity contribution in [3.05, 3.63) is 71.4 Å². The lowest BCUT2D eigenvalue weighted by molar-refractivity contribution is -0.274. The number of alkyl halides is 3. The van der Waals surface area contributed by atoms with Crippen molar-refractivity contribution in [2.75, 3.05) is 0 Å². The standard InChI is InChI=1S/C23H19F3N4O3/c1-14-10-20(28-30(14)13-17-5-3-4-16(12-17)11-15(2)31)22-27-21(29-33-22)18-6-8-19(9-7-18)32-23(24,25)26/h3-10,12H,11,13H2,1-2H3. The van der Waals surface area contributed by atoms with Crippen molar-refractivity contribution in [2.24, 2.45) is 0 Å². The van der Waals surface area contributed by atoms with E-state index in [2.05, 4.69) is 20.0 Å². The summed E-state index contributed by atoms with van der Waals surface area (Å²) in [4.78, 5) is 15.7. The third kappa shape index (κ3) is 5.65. The van der Waals surface area contributed by atoms with Gasteiger partial charge in [-0.05, 0) is 55.3 Å². The van der Waals surface area contributed by atoms with Crippen LogP contribution < -0.4 is 4.74 Å². The monoisotopic (exact) mass is 456 g/mol. The van der Waals surface area contributed by atoms with Gasteiger partial charge in [-0.25, -0.2) is 0 Å². The second kappa shape index (κ2) is 8.89. The van der Waals surface area contributed by atoms with E-state index in [0.29, 0.717) is 24.2 Å². The molecule has 0 radical (unpaired) electrons. The molecule has 10 heteroatoms. The predicted octanol–water partition coefficient (Wildman–Crippen LogP) is 4.99. The van der Waals surface area contributed by atoms with E-state index in [-0.39, 0.29) is 23.2 Å². The molecule has 2 heterocycles. The molecule has 0 spiro atoms. The molecule has 2 aromatic carbocycles. The summed E-state index contributed by atoms with van der Waals surface area (Å²) < 4.78 is 47.9. The first-order valence-electron chi connectivity index (χ1n) is 9.98. The summed E-state index contributed by atoms with van der Waals surface area (Å²) in [6.07, 6.45) is -4.38. The molecule has 0 unspecified atom stereocenters. The van der Waals surface area contributed by atoms with Crippen molar-refractivity contribution >= 4 is 5.78 Å². The maximum Gasteiger partial charge on any atom is 0.573 e. The van der Waals surface area contributed by atoms with E-state index < -0.39 is 6.36 Å². The Morgan fingerprint density at radius 3 is 2.52 bits per heavy atom. The molecule has 170 valence electrons. The van der Waals surface area contributed by atoms with E-state index in [1.807, 2.05) is 31.2 Å². The maximum atomic E-state index is 12.3. The zero-order valence-electron chi connectivity index (χ0n) is 17.8. The van der Waals surface area contributed by atoms with Gasteiger partial charge in [0.2, 0.25) is 5.82 Å². The number of rotatable bonds is 7. The fraction of sp³-hybridized carbons (Fsp3) is 0.217. The highest BCUT2D eigenvalue weighted by Gasteiger charge is 2.31. The van der Waals surface area contributed by atoms with Crippen LogP contribution in [-0.4, -0.2) is 32.1 Å². The van der Waals surface area contributed by atoms with Crippen molar-refractivity contribution < 1.29 is 27.2 Å². The first-order valence-corrected chi connectivity index (χ1v) is 9.98. The third-order valence-corrected chi connectivity index (χ3v) is 4.75. The van der Waals surface area contributed by atoms with Gasteiger partial charge in [-0.2, -0.15) is 10.1 Å². The van der Waals surface area contributed by atoms with Crippen LogP contribution in [-0.2, 0) is 17.8 Å². The van der Waals surface area contributed by atoms with Gasteiger partial charge >= 0.3 is 6.36 Å². The summed E-state index contributed by atoms with van der Waals surface area (Å²) >= 11 is 0. The van der Waals surface area contributed by atoms with Crippen molar-refractivity contribution in [1.82, 2.24) is 19.9 Å². The van der Waals surface area contributed by atoms with Gasteiger partial charge < -0.3 is 9.26 Å². The summed E-state index contributed by atoms with van der Waals surface area (Å²) in [5, 5.41) is 8.43. The minimum atomic E-state index is -4.76. The molecule has 0 aliphatic carbocycles. The number of nitrogens with zero attached hydrogens (tertiary/aromatic N) is 4. The Hall–Kier alpha value is -3.95. The zero-order chi connectivity index (χ0) is 23.6. The van der Waals surface area contributed by atoms with Crippen LogP contribution in [0.5, 0.6) is 5.75 Å². The van der Waals surface area contributed by atoms with Crippen LogP contribution in [0.3, 0.4) is 0 Å². The minimum Gasteiger partial charge on any atom is -0.406 e. The highest BCUT2D eigenvalue weighted by Crippen LogP contribution is 2.27. The molecule has 0 amide bonds. The van der Waals surface area contributed by atoms with Crippen LogP contribution in [0, 0.1) is 6.92 Å². The van der Waals surface area contributed by atoms with E-state index in [1.165, 1.54) is 24.3 Å². The Labute approximate surface area is 186 Å². The van der Waals surface area contributed by atoms with E-state index in [9.17, 15) is 18.0 Å². The number of hydrogen-bond acceptors (Lipinski definition) is 6. The molecule has 7 nitrogen and oxygen atoms in total.